The second kappa shape index (κ2) is 13.2. The van der Waals surface area contributed by atoms with Gasteiger partial charge in [0.1, 0.15) is 0 Å². The number of nitrogens with zero attached hydrogens (tertiary/aromatic N) is 1. The van der Waals surface area contributed by atoms with Crippen LogP contribution in [0.4, 0.5) is 0 Å². The Labute approximate surface area is 160 Å². The summed E-state index contributed by atoms with van der Waals surface area (Å²) in [5, 5.41) is 11.6. The number of ether oxygens (including phenoxy) is 1. The van der Waals surface area contributed by atoms with Crippen molar-refractivity contribution < 1.29 is 18.7 Å². The van der Waals surface area contributed by atoms with E-state index in [0.717, 1.165) is 19.3 Å². The highest BCUT2D eigenvalue weighted by molar-refractivity contribution is 7.84. The van der Waals surface area contributed by atoms with Crippen molar-refractivity contribution >= 4 is 17.0 Å². The van der Waals surface area contributed by atoms with Crippen molar-refractivity contribution in [1.29, 1.82) is 0 Å². The lowest BCUT2D eigenvalue weighted by Crippen LogP contribution is -2.48. The number of esters is 1. The van der Waals surface area contributed by atoms with Gasteiger partial charge < -0.3 is 4.74 Å². The number of carbonyl (C=O) groups is 1. The maximum atomic E-state index is 12.5. The second-order valence-corrected chi connectivity index (χ2v) is 9.63. The van der Waals surface area contributed by atoms with Crippen LogP contribution >= 0.6 is 0 Å². The lowest BCUT2D eigenvalue weighted by molar-refractivity contribution is -0.527. The normalized spacial score (nSPS) is 15.3. The molecule has 8 heteroatoms. The minimum absolute atomic E-state index is 0.0149. The average Bonchev–Trinajstić information content (AvgIpc) is 2.56. The number of hydrogen-bond donors (Lipinski definition) is 1. The third-order valence-electron chi connectivity index (χ3n) is 4.29. The molecule has 0 aromatic rings. The third-order valence-corrected chi connectivity index (χ3v) is 5.92. The summed E-state index contributed by atoms with van der Waals surface area (Å²) in [5.74, 6) is -0.466. The standard InChI is InChI=1S/C18H36N2O5S/c1-6-7-8-9-10-11-12-15(19-26(24)18(2,3)4)16(20(22)23)13-14-17(21)25-5/h15-16,19H,6-14H2,1-5H3/t15-,16?,26?/m1/s1. The monoisotopic (exact) mass is 392 g/mol. The molecule has 0 heterocycles. The van der Waals surface area contributed by atoms with Gasteiger partial charge >= 0.3 is 5.97 Å². The zero-order chi connectivity index (χ0) is 20.2. The summed E-state index contributed by atoms with van der Waals surface area (Å²) in [7, 11) is -0.133. The summed E-state index contributed by atoms with van der Waals surface area (Å²) in [4.78, 5) is 22.6. The lowest BCUT2D eigenvalue weighted by atomic mass is 9.98. The van der Waals surface area contributed by atoms with Crippen molar-refractivity contribution in [2.75, 3.05) is 7.11 Å². The van der Waals surface area contributed by atoms with E-state index in [1.165, 1.54) is 26.4 Å². The fourth-order valence-electron chi connectivity index (χ4n) is 2.61. The molecule has 154 valence electrons. The maximum absolute atomic E-state index is 12.5. The summed E-state index contributed by atoms with van der Waals surface area (Å²) in [6.07, 6.45) is 7.12. The van der Waals surface area contributed by atoms with Crippen LogP contribution in [0, 0.1) is 10.1 Å². The smallest absolute Gasteiger partial charge is 0.305 e. The van der Waals surface area contributed by atoms with Crippen LogP contribution in [-0.4, -0.2) is 39.0 Å². The fourth-order valence-corrected chi connectivity index (χ4v) is 3.51. The van der Waals surface area contributed by atoms with Gasteiger partial charge in [0.15, 0.2) is 0 Å². The van der Waals surface area contributed by atoms with Gasteiger partial charge in [-0.3, -0.25) is 14.9 Å². The van der Waals surface area contributed by atoms with E-state index < -0.39 is 33.8 Å². The number of unbranched alkanes of at least 4 members (excludes halogenated alkanes) is 5. The van der Waals surface area contributed by atoms with Gasteiger partial charge in [0, 0.05) is 11.3 Å². The predicted molar refractivity (Wildman–Crippen MR) is 105 cm³/mol. The number of nitrogens with one attached hydrogen (secondary N) is 1. The van der Waals surface area contributed by atoms with Crippen molar-refractivity contribution in [3.8, 4) is 0 Å². The molecule has 0 fully saturated rings. The highest BCUT2D eigenvalue weighted by Crippen LogP contribution is 2.18. The summed E-state index contributed by atoms with van der Waals surface area (Å²) in [6, 6.07) is -1.49. The third kappa shape index (κ3) is 10.9. The zero-order valence-corrected chi connectivity index (χ0v) is 17.7. The molecule has 0 saturated carbocycles. The van der Waals surface area contributed by atoms with E-state index in [0.29, 0.717) is 6.42 Å². The highest BCUT2D eigenvalue weighted by Gasteiger charge is 2.34. The first-order valence-electron chi connectivity index (χ1n) is 9.51. The Morgan fingerprint density at radius 1 is 1.15 bits per heavy atom. The van der Waals surface area contributed by atoms with Crippen molar-refractivity contribution in [2.45, 2.75) is 102 Å². The molecule has 3 atom stereocenters. The maximum Gasteiger partial charge on any atom is 0.305 e. The molecule has 0 aliphatic carbocycles. The Bertz CT molecular complexity index is 451. The molecule has 0 spiro atoms. The molecule has 2 unspecified atom stereocenters. The van der Waals surface area contributed by atoms with E-state index in [1.54, 1.807) is 0 Å². The number of rotatable bonds is 14. The fraction of sp³-hybridized carbons (Fsp3) is 0.944. The minimum atomic E-state index is -1.40. The van der Waals surface area contributed by atoms with Crippen LogP contribution in [0.2, 0.25) is 0 Å². The van der Waals surface area contributed by atoms with Crippen LogP contribution in [0.15, 0.2) is 0 Å². The van der Waals surface area contributed by atoms with Gasteiger partial charge in [0.2, 0.25) is 6.04 Å². The van der Waals surface area contributed by atoms with Gasteiger partial charge in [-0.25, -0.2) is 8.93 Å². The van der Waals surface area contributed by atoms with Crippen LogP contribution in [-0.2, 0) is 20.5 Å². The molecule has 0 bridgehead atoms. The van der Waals surface area contributed by atoms with E-state index >= 15 is 0 Å². The van der Waals surface area contributed by atoms with E-state index in [2.05, 4.69) is 16.4 Å². The Morgan fingerprint density at radius 2 is 1.73 bits per heavy atom. The van der Waals surface area contributed by atoms with Crippen LogP contribution in [0.5, 0.6) is 0 Å². The van der Waals surface area contributed by atoms with Crippen molar-refractivity contribution in [2.24, 2.45) is 0 Å². The molecule has 0 aromatic heterocycles. The largest absolute Gasteiger partial charge is 0.469 e. The molecule has 0 saturated heterocycles. The molecule has 26 heavy (non-hydrogen) atoms. The van der Waals surface area contributed by atoms with Gasteiger partial charge in [-0.05, 0) is 27.2 Å². The Balaban J connectivity index is 4.91. The van der Waals surface area contributed by atoms with E-state index in [-0.39, 0.29) is 17.8 Å². The molecular weight excluding hydrogens is 356 g/mol. The molecule has 0 radical (unpaired) electrons. The topological polar surface area (TPSA) is 98.5 Å². The van der Waals surface area contributed by atoms with Crippen LogP contribution in [0.1, 0.15) is 85.5 Å². The number of nitro groups is 1. The summed E-state index contributed by atoms with van der Waals surface area (Å²) in [6.45, 7) is 7.64. The molecule has 1 N–H and O–H groups in total. The zero-order valence-electron chi connectivity index (χ0n) is 16.9. The molecule has 0 aliphatic heterocycles. The van der Waals surface area contributed by atoms with Gasteiger partial charge in [0.05, 0.1) is 35.3 Å². The lowest BCUT2D eigenvalue weighted by Gasteiger charge is -2.26. The summed E-state index contributed by atoms with van der Waals surface area (Å²) < 4.78 is 19.5. The Hall–Kier alpha value is -1.02. The van der Waals surface area contributed by atoms with Crippen molar-refractivity contribution in [3.05, 3.63) is 10.1 Å². The van der Waals surface area contributed by atoms with Gasteiger partial charge in [-0.1, -0.05) is 45.4 Å². The van der Waals surface area contributed by atoms with Crippen LogP contribution < -0.4 is 4.72 Å². The Morgan fingerprint density at radius 3 is 2.23 bits per heavy atom. The molecular formula is C18H36N2O5S. The first kappa shape index (κ1) is 25.0. The molecule has 7 nitrogen and oxygen atoms in total. The van der Waals surface area contributed by atoms with Crippen molar-refractivity contribution in [1.82, 2.24) is 4.72 Å². The van der Waals surface area contributed by atoms with Gasteiger partial charge in [-0.2, -0.15) is 0 Å². The average molecular weight is 393 g/mol. The van der Waals surface area contributed by atoms with Crippen LogP contribution in [0.3, 0.4) is 0 Å². The number of methoxy groups -OCH3 is 1. The Kier molecular flexibility index (Phi) is 12.7. The highest BCUT2D eigenvalue weighted by atomic mass is 32.2. The number of carbonyl (C=O) groups excluding carboxylic acids is 1. The molecule has 0 aromatic carbocycles. The first-order valence-corrected chi connectivity index (χ1v) is 10.7. The first-order chi connectivity index (χ1) is 12.1. The predicted octanol–water partition coefficient (Wildman–Crippen LogP) is 3.76. The van der Waals surface area contributed by atoms with E-state index in [9.17, 15) is 19.1 Å². The van der Waals surface area contributed by atoms with Gasteiger partial charge in [-0.15, -0.1) is 0 Å². The summed E-state index contributed by atoms with van der Waals surface area (Å²) >= 11 is 0. The quantitative estimate of drug-likeness (QED) is 0.210. The minimum Gasteiger partial charge on any atom is -0.469 e. The number of hydrogen-bond acceptors (Lipinski definition) is 5. The van der Waals surface area contributed by atoms with Gasteiger partial charge in [0.25, 0.3) is 0 Å². The van der Waals surface area contributed by atoms with E-state index in [1.807, 2.05) is 20.8 Å². The summed E-state index contributed by atoms with van der Waals surface area (Å²) in [5.41, 5.74) is 0. The van der Waals surface area contributed by atoms with E-state index in [4.69, 9.17) is 0 Å². The van der Waals surface area contributed by atoms with Crippen molar-refractivity contribution in [3.63, 3.8) is 0 Å². The molecule has 0 amide bonds. The SMILES string of the molecule is CCCCCCCC[C@@H](NS(=O)C(C)(C)C)C(CCC(=O)OC)[N+](=O)[O-]. The molecule has 0 rings (SSSR count). The van der Waals surface area contributed by atoms with Crippen LogP contribution in [0.25, 0.3) is 0 Å². The molecule has 0 aliphatic rings. The second-order valence-electron chi connectivity index (χ2n) is 7.63.